The van der Waals surface area contributed by atoms with Crippen LogP contribution in [0.5, 0.6) is 5.75 Å². The highest BCUT2D eigenvalue weighted by molar-refractivity contribution is 6.35. The fraction of sp³-hybridized carbons (Fsp3) is 0.222. The second-order valence-electron chi connectivity index (χ2n) is 5.50. The van der Waals surface area contributed by atoms with E-state index >= 15 is 0 Å². The lowest BCUT2D eigenvalue weighted by Gasteiger charge is -2.15. The predicted molar refractivity (Wildman–Crippen MR) is 101 cm³/mol. The van der Waals surface area contributed by atoms with Gasteiger partial charge >= 0.3 is 0 Å². The number of anilines is 1. The minimum atomic E-state index is -0.271. The van der Waals surface area contributed by atoms with Gasteiger partial charge in [0.1, 0.15) is 11.6 Å². The molecule has 0 saturated carbocycles. The van der Waals surface area contributed by atoms with Crippen molar-refractivity contribution < 1.29 is 9.53 Å². The molecule has 2 aromatic rings. The van der Waals surface area contributed by atoms with Gasteiger partial charge in [-0.2, -0.15) is 0 Å². The number of benzene rings is 2. The first kappa shape index (κ1) is 17.6. The molecule has 7 heteroatoms. The molecule has 1 aliphatic rings. The Kier molecular flexibility index (Phi) is 5.79. The maximum atomic E-state index is 12.0. The van der Waals surface area contributed by atoms with Crippen LogP contribution in [-0.2, 0) is 4.79 Å². The molecule has 0 aromatic heterocycles. The van der Waals surface area contributed by atoms with Crippen LogP contribution in [0.25, 0.3) is 0 Å². The van der Waals surface area contributed by atoms with E-state index in [0.717, 1.165) is 30.9 Å². The van der Waals surface area contributed by atoms with Gasteiger partial charge < -0.3 is 15.4 Å². The largest absolute Gasteiger partial charge is 0.482 e. The predicted octanol–water partition coefficient (Wildman–Crippen LogP) is 3.75. The first-order valence-corrected chi connectivity index (χ1v) is 8.64. The molecule has 1 amide bonds. The zero-order valence-electron chi connectivity index (χ0n) is 13.4. The second-order valence-corrected chi connectivity index (χ2v) is 6.34. The van der Waals surface area contributed by atoms with Crippen molar-refractivity contribution in [1.82, 2.24) is 5.32 Å². The minimum Gasteiger partial charge on any atom is -0.482 e. The van der Waals surface area contributed by atoms with Crippen LogP contribution >= 0.6 is 23.2 Å². The smallest absolute Gasteiger partial charge is 0.262 e. The van der Waals surface area contributed by atoms with Gasteiger partial charge in [-0.1, -0.05) is 23.2 Å². The molecule has 1 aliphatic heterocycles. The lowest BCUT2D eigenvalue weighted by Crippen LogP contribution is -2.30. The molecule has 5 nitrogen and oxygen atoms in total. The van der Waals surface area contributed by atoms with E-state index in [1.807, 2.05) is 24.3 Å². The number of hydrogen-bond donors (Lipinski definition) is 2. The molecule has 0 spiro atoms. The zero-order chi connectivity index (χ0) is 17.6. The monoisotopic (exact) mass is 377 g/mol. The number of amidine groups is 1. The van der Waals surface area contributed by atoms with Crippen molar-refractivity contribution >= 4 is 40.6 Å². The number of hydrogen-bond acceptors (Lipinski definition) is 4. The Labute approximate surface area is 156 Å². The van der Waals surface area contributed by atoms with Gasteiger partial charge in [-0.3, -0.25) is 9.79 Å². The molecule has 130 valence electrons. The highest BCUT2D eigenvalue weighted by Crippen LogP contribution is 2.27. The average molecular weight is 378 g/mol. The van der Waals surface area contributed by atoms with Crippen molar-refractivity contribution in [3.8, 4) is 5.75 Å². The van der Waals surface area contributed by atoms with E-state index < -0.39 is 0 Å². The third-order valence-corrected chi connectivity index (χ3v) is 4.12. The molecule has 0 fully saturated rings. The van der Waals surface area contributed by atoms with Gasteiger partial charge in [-0.25, -0.2) is 0 Å². The summed E-state index contributed by atoms with van der Waals surface area (Å²) in [7, 11) is 0. The van der Waals surface area contributed by atoms with Crippen molar-refractivity contribution in [2.45, 2.75) is 6.42 Å². The van der Waals surface area contributed by atoms with Gasteiger partial charge in [0.2, 0.25) is 0 Å². The minimum absolute atomic E-state index is 0.142. The Morgan fingerprint density at radius 1 is 1.20 bits per heavy atom. The molecule has 0 bridgehead atoms. The number of halogens is 2. The van der Waals surface area contributed by atoms with Crippen molar-refractivity contribution in [2.24, 2.45) is 4.99 Å². The van der Waals surface area contributed by atoms with Gasteiger partial charge in [-0.15, -0.1) is 0 Å². The Balaban J connectivity index is 1.55. The summed E-state index contributed by atoms with van der Waals surface area (Å²) in [6.45, 7) is 1.63. The standard InChI is InChI=1S/C18H17Cl2N3O2/c19-13-4-7-16(15(20)10-13)25-11-17(24)23-14-5-2-12(3-6-14)18-21-8-1-9-22-18/h2-7,10H,1,8-9,11H2,(H,21,22)(H,23,24). The van der Waals surface area contributed by atoms with Crippen LogP contribution in [0.3, 0.4) is 0 Å². The quantitative estimate of drug-likeness (QED) is 0.833. The van der Waals surface area contributed by atoms with E-state index in [0.29, 0.717) is 21.5 Å². The molecule has 1 heterocycles. The lowest BCUT2D eigenvalue weighted by atomic mass is 10.1. The Morgan fingerprint density at radius 2 is 2.00 bits per heavy atom. The van der Waals surface area contributed by atoms with E-state index in [2.05, 4.69) is 15.6 Å². The number of aliphatic imine (C=N–C) groups is 1. The average Bonchev–Trinajstić information content (AvgIpc) is 2.62. The number of carbonyl (C=O) groups excluding carboxylic acids is 1. The van der Waals surface area contributed by atoms with Gasteiger partial charge in [0.15, 0.2) is 6.61 Å². The summed E-state index contributed by atoms with van der Waals surface area (Å²) in [5, 5.41) is 6.92. The summed E-state index contributed by atoms with van der Waals surface area (Å²) in [6.07, 6.45) is 1.05. The van der Waals surface area contributed by atoms with Crippen LogP contribution in [0.15, 0.2) is 47.5 Å². The van der Waals surface area contributed by atoms with Gasteiger partial charge in [-0.05, 0) is 48.9 Å². The van der Waals surface area contributed by atoms with Crippen LogP contribution in [0.4, 0.5) is 5.69 Å². The molecular formula is C18H17Cl2N3O2. The van der Waals surface area contributed by atoms with E-state index in [9.17, 15) is 4.79 Å². The van der Waals surface area contributed by atoms with Gasteiger partial charge in [0.25, 0.3) is 5.91 Å². The zero-order valence-corrected chi connectivity index (χ0v) is 14.9. The SMILES string of the molecule is O=C(COc1ccc(Cl)cc1Cl)Nc1ccc(C2=NCCCN2)cc1. The van der Waals surface area contributed by atoms with Crippen LogP contribution in [0, 0.1) is 0 Å². The Morgan fingerprint density at radius 3 is 2.68 bits per heavy atom. The second kappa shape index (κ2) is 8.23. The number of nitrogens with one attached hydrogen (secondary N) is 2. The van der Waals surface area contributed by atoms with Crippen LogP contribution in [0.1, 0.15) is 12.0 Å². The Hall–Kier alpha value is -2.24. The summed E-state index contributed by atoms with van der Waals surface area (Å²) in [4.78, 5) is 16.5. The fourth-order valence-corrected chi connectivity index (χ4v) is 2.83. The van der Waals surface area contributed by atoms with Crippen LogP contribution in [0.2, 0.25) is 10.0 Å². The molecule has 2 N–H and O–H groups in total. The van der Waals surface area contributed by atoms with Gasteiger partial charge in [0.05, 0.1) is 5.02 Å². The molecule has 3 rings (SSSR count). The molecule has 0 aliphatic carbocycles. The maximum absolute atomic E-state index is 12.0. The lowest BCUT2D eigenvalue weighted by molar-refractivity contribution is -0.118. The summed E-state index contributed by atoms with van der Waals surface area (Å²) >= 11 is 11.8. The van der Waals surface area contributed by atoms with E-state index in [4.69, 9.17) is 27.9 Å². The van der Waals surface area contributed by atoms with Crippen molar-refractivity contribution in [3.05, 3.63) is 58.1 Å². The number of ether oxygens (including phenoxy) is 1. The first-order valence-electron chi connectivity index (χ1n) is 7.88. The molecule has 0 atom stereocenters. The topological polar surface area (TPSA) is 62.7 Å². The maximum Gasteiger partial charge on any atom is 0.262 e. The number of nitrogens with zero attached hydrogens (tertiary/aromatic N) is 1. The fourth-order valence-electron chi connectivity index (χ4n) is 2.37. The first-order chi connectivity index (χ1) is 12.1. The Bertz CT molecular complexity index is 791. The van der Waals surface area contributed by atoms with Crippen LogP contribution in [-0.4, -0.2) is 31.4 Å². The van der Waals surface area contributed by atoms with E-state index in [1.165, 1.54) is 0 Å². The van der Waals surface area contributed by atoms with Crippen LogP contribution < -0.4 is 15.4 Å². The van der Waals surface area contributed by atoms with E-state index in [1.54, 1.807) is 18.2 Å². The third-order valence-electron chi connectivity index (χ3n) is 3.59. The summed E-state index contributed by atoms with van der Waals surface area (Å²) in [5.41, 5.74) is 1.69. The molecule has 2 aromatic carbocycles. The molecule has 0 unspecified atom stereocenters. The third kappa shape index (κ3) is 4.87. The number of amides is 1. The summed E-state index contributed by atoms with van der Waals surface area (Å²) in [6, 6.07) is 12.4. The summed E-state index contributed by atoms with van der Waals surface area (Å²) in [5.74, 6) is 1.04. The van der Waals surface area contributed by atoms with E-state index in [-0.39, 0.29) is 12.5 Å². The van der Waals surface area contributed by atoms with Gasteiger partial charge in [0, 0.05) is 29.4 Å². The number of rotatable bonds is 5. The highest BCUT2D eigenvalue weighted by Gasteiger charge is 2.09. The number of carbonyl (C=O) groups is 1. The van der Waals surface area contributed by atoms with Crippen molar-refractivity contribution in [2.75, 3.05) is 25.0 Å². The highest BCUT2D eigenvalue weighted by atomic mass is 35.5. The molecular weight excluding hydrogens is 361 g/mol. The molecule has 25 heavy (non-hydrogen) atoms. The van der Waals surface area contributed by atoms with Crippen molar-refractivity contribution in [3.63, 3.8) is 0 Å². The summed E-state index contributed by atoms with van der Waals surface area (Å²) < 4.78 is 5.41. The van der Waals surface area contributed by atoms with Crippen molar-refractivity contribution in [1.29, 1.82) is 0 Å². The molecule has 0 radical (unpaired) electrons. The normalized spacial score (nSPS) is 13.6. The molecule has 0 saturated heterocycles.